The minimum Gasteiger partial charge on any atom is -1.00 e. The summed E-state index contributed by atoms with van der Waals surface area (Å²) in [5.74, 6) is -4.83. The van der Waals surface area contributed by atoms with Crippen LogP contribution in [-0.4, -0.2) is 57.5 Å². The number of aliphatic hydroxyl groups is 1. The van der Waals surface area contributed by atoms with Crippen molar-refractivity contribution in [1.29, 1.82) is 0 Å². The Morgan fingerprint density at radius 1 is 1.07 bits per heavy atom. The first-order valence-corrected chi connectivity index (χ1v) is 7.39. The summed E-state index contributed by atoms with van der Waals surface area (Å²) in [6.45, 7) is 0. The molecule has 1 unspecified atom stereocenters. The summed E-state index contributed by atoms with van der Waals surface area (Å²) in [6, 6.07) is -0.434. The van der Waals surface area contributed by atoms with Gasteiger partial charge in [0.2, 0.25) is 0 Å². The SMILES string of the molecule is Cn1c(=O)c2c(nc(OC(=O)CC(O)(CC(=O)O)C(=O)O)n2C)n(C)c1=O.[H-].[Na+]. The van der Waals surface area contributed by atoms with Crippen LogP contribution in [0.15, 0.2) is 9.59 Å². The zero-order valence-corrected chi connectivity index (χ0v) is 17.5. The molecular formula is C14H17N4NaO9. The number of fused-ring (bicyclic) bond motifs is 1. The standard InChI is InChI=1S/C14H16N4O9.Na.H/c1-16-8-9(17(2)13(25)18(3)10(8)22)15-12(16)27-7(21)5-14(26,11(23)24)4-6(19)20;;/h26H,4-5H2,1-3H3,(H,19,20)(H,23,24);;/q;+1;-1. The summed E-state index contributed by atoms with van der Waals surface area (Å²) in [6.07, 6.45) is -2.40. The first-order chi connectivity index (χ1) is 12.4. The van der Waals surface area contributed by atoms with Crippen LogP contribution in [0.3, 0.4) is 0 Å². The number of nitrogens with zero attached hydrogens (tertiary/aromatic N) is 4. The van der Waals surface area contributed by atoms with Crippen molar-refractivity contribution in [2.24, 2.45) is 21.1 Å². The molecule has 13 nitrogen and oxygen atoms in total. The number of imidazole rings is 1. The number of hydrogen-bond donors (Lipinski definition) is 3. The second-order valence-electron chi connectivity index (χ2n) is 5.89. The first-order valence-electron chi connectivity index (χ1n) is 7.39. The monoisotopic (exact) mass is 408 g/mol. The van der Waals surface area contributed by atoms with Gasteiger partial charge in [-0.25, -0.2) is 9.59 Å². The minimum absolute atomic E-state index is 0. The molecule has 0 aliphatic rings. The van der Waals surface area contributed by atoms with Crippen molar-refractivity contribution in [3.63, 3.8) is 0 Å². The van der Waals surface area contributed by atoms with Gasteiger partial charge in [0.15, 0.2) is 16.8 Å². The molecule has 3 N–H and O–H groups in total. The number of carbonyl (C=O) groups is 3. The molecule has 0 aromatic carbocycles. The Balaban J connectivity index is 0.00000392. The Labute approximate surface area is 179 Å². The molecule has 14 heteroatoms. The van der Waals surface area contributed by atoms with E-state index in [0.29, 0.717) is 0 Å². The Hall–Kier alpha value is -2.48. The van der Waals surface area contributed by atoms with E-state index in [-0.39, 0.29) is 42.1 Å². The zero-order chi connectivity index (χ0) is 20.7. The van der Waals surface area contributed by atoms with E-state index in [9.17, 15) is 29.1 Å². The average molecular weight is 408 g/mol. The number of carbonyl (C=O) groups excluding carboxylic acids is 1. The Morgan fingerprint density at radius 3 is 2.14 bits per heavy atom. The molecule has 2 heterocycles. The van der Waals surface area contributed by atoms with Gasteiger partial charge in [-0.3, -0.25) is 28.1 Å². The Bertz CT molecular complexity index is 1090. The van der Waals surface area contributed by atoms with Crippen molar-refractivity contribution >= 4 is 29.1 Å². The van der Waals surface area contributed by atoms with Crippen LogP contribution in [0.5, 0.6) is 6.01 Å². The van der Waals surface area contributed by atoms with Gasteiger partial charge >= 0.3 is 59.2 Å². The van der Waals surface area contributed by atoms with Crippen LogP contribution in [-0.2, 0) is 35.5 Å². The third-order valence-corrected chi connectivity index (χ3v) is 3.92. The van der Waals surface area contributed by atoms with Gasteiger partial charge in [0.1, 0.15) is 0 Å². The fourth-order valence-corrected chi connectivity index (χ4v) is 2.43. The van der Waals surface area contributed by atoms with E-state index in [1.807, 2.05) is 0 Å². The third kappa shape index (κ3) is 4.16. The Morgan fingerprint density at radius 2 is 1.64 bits per heavy atom. The molecule has 148 valence electrons. The second kappa shape index (κ2) is 8.26. The summed E-state index contributed by atoms with van der Waals surface area (Å²) in [4.78, 5) is 61.8. The molecular weight excluding hydrogens is 391 g/mol. The topological polar surface area (TPSA) is 183 Å². The van der Waals surface area contributed by atoms with E-state index in [1.54, 1.807) is 0 Å². The van der Waals surface area contributed by atoms with Crippen molar-refractivity contribution in [2.75, 3.05) is 0 Å². The van der Waals surface area contributed by atoms with Crippen molar-refractivity contribution in [3.05, 3.63) is 20.8 Å². The molecule has 0 radical (unpaired) electrons. The van der Waals surface area contributed by atoms with E-state index >= 15 is 0 Å². The van der Waals surface area contributed by atoms with Crippen LogP contribution >= 0.6 is 0 Å². The number of aliphatic carboxylic acids is 2. The normalized spacial score (nSPS) is 12.9. The molecule has 0 spiro atoms. The van der Waals surface area contributed by atoms with E-state index in [2.05, 4.69) is 4.98 Å². The molecule has 2 aromatic heterocycles. The minimum atomic E-state index is -2.88. The maximum atomic E-state index is 12.2. The fraction of sp³-hybridized carbons (Fsp3) is 0.429. The van der Waals surface area contributed by atoms with Gasteiger partial charge in [-0.15, -0.1) is 0 Å². The zero-order valence-electron chi connectivity index (χ0n) is 16.5. The Kier molecular flexibility index (Phi) is 6.95. The maximum Gasteiger partial charge on any atom is 1.00 e. The van der Waals surface area contributed by atoms with Crippen molar-refractivity contribution in [1.82, 2.24) is 18.7 Å². The summed E-state index contributed by atoms with van der Waals surface area (Å²) >= 11 is 0. The average Bonchev–Trinajstić information content (AvgIpc) is 2.86. The number of ether oxygens (including phenoxy) is 1. The number of hydrogen-bond acceptors (Lipinski definition) is 8. The number of carboxylic acids is 2. The number of carboxylic acid groups (broad SMARTS) is 2. The maximum absolute atomic E-state index is 12.2. The molecule has 28 heavy (non-hydrogen) atoms. The van der Waals surface area contributed by atoms with Gasteiger partial charge < -0.3 is 21.5 Å². The van der Waals surface area contributed by atoms with Crippen molar-refractivity contribution in [3.8, 4) is 6.01 Å². The number of rotatable bonds is 6. The molecule has 0 aliphatic carbocycles. The van der Waals surface area contributed by atoms with Crippen LogP contribution in [0, 0.1) is 0 Å². The predicted molar refractivity (Wildman–Crippen MR) is 87.4 cm³/mol. The van der Waals surface area contributed by atoms with Gasteiger partial charge in [0.25, 0.3) is 5.56 Å². The summed E-state index contributed by atoms with van der Waals surface area (Å²) in [5, 5.41) is 27.5. The van der Waals surface area contributed by atoms with Crippen LogP contribution < -0.4 is 45.5 Å². The molecule has 0 saturated heterocycles. The van der Waals surface area contributed by atoms with Gasteiger partial charge in [-0.2, -0.15) is 4.98 Å². The largest absolute Gasteiger partial charge is 1.00 e. The first kappa shape index (κ1) is 23.6. The number of aryl methyl sites for hydroxylation is 2. The molecule has 0 saturated carbocycles. The van der Waals surface area contributed by atoms with E-state index in [1.165, 1.54) is 21.1 Å². The molecule has 0 bridgehead atoms. The summed E-state index contributed by atoms with van der Waals surface area (Å²) < 4.78 is 7.83. The third-order valence-electron chi connectivity index (χ3n) is 3.92. The fourth-order valence-electron chi connectivity index (χ4n) is 2.43. The smallest absolute Gasteiger partial charge is 1.00 e. The molecule has 2 aromatic rings. The van der Waals surface area contributed by atoms with Crippen molar-refractivity contribution in [2.45, 2.75) is 18.4 Å². The predicted octanol–water partition coefficient (Wildman–Crippen LogP) is -5.33. The number of aromatic nitrogens is 4. The molecule has 0 aliphatic heterocycles. The van der Waals surface area contributed by atoms with Gasteiger partial charge in [0.05, 0.1) is 12.8 Å². The summed E-state index contributed by atoms with van der Waals surface area (Å²) in [5.41, 5.74) is -4.37. The van der Waals surface area contributed by atoms with Crippen LogP contribution in [0.25, 0.3) is 11.2 Å². The molecule has 0 amide bonds. The van der Waals surface area contributed by atoms with Crippen molar-refractivity contribution < 1.29 is 65.4 Å². The van der Waals surface area contributed by atoms with Crippen LogP contribution in [0.1, 0.15) is 14.3 Å². The van der Waals surface area contributed by atoms with E-state index in [4.69, 9.17) is 14.9 Å². The van der Waals surface area contributed by atoms with E-state index in [0.717, 1.165) is 13.7 Å². The van der Waals surface area contributed by atoms with Crippen LogP contribution in [0.4, 0.5) is 0 Å². The van der Waals surface area contributed by atoms with E-state index < -0.39 is 53.6 Å². The number of esters is 1. The van der Waals surface area contributed by atoms with Gasteiger partial charge in [0, 0.05) is 21.1 Å². The quantitative estimate of drug-likeness (QED) is 0.308. The molecule has 0 fully saturated rings. The van der Waals surface area contributed by atoms with Gasteiger partial charge in [-0.05, 0) is 0 Å². The molecule has 2 rings (SSSR count). The summed E-state index contributed by atoms with van der Waals surface area (Å²) in [7, 11) is 3.92. The molecule has 1 atom stereocenters. The second-order valence-corrected chi connectivity index (χ2v) is 5.89. The van der Waals surface area contributed by atoms with Crippen LogP contribution in [0.2, 0.25) is 0 Å². The van der Waals surface area contributed by atoms with Gasteiger partial charge in [-0.1, -0.05) is 0 Å².